The Hall–Kier alpha value is -8.01. The van der Waals surface area contributed by atoms with Crippen LogP contribution in [0.2, 0.25) is 0 Å². The lowest BCUT2D eigenvalue weighted by atomic mass is 9.88. The summed E-state index contributed by atoms with van der Waals surface area (Å²) in [7, 11) is 0. The lowest BCUT2D eigenvalue weighted by Crippen LogP contribution is -2.10. The molecule has 1 unspecified atom stereocenters. The smallest absolute Gasteiger partial charge is 0.0797 e. The number of fused-ring (bicyclic) bond motifs is 6. The van der Waals surface area contributed by atoms with Crippen LogP contribution in [0, 0.1) is 0 Å². The Morgan fingerprint density at radius 1 is 0.339 bits per heavy atom. The predicted molar refractivity (Wildman–Crippen MR) is 261 cm³/mol. The molecule has 11 aromatic rings. The third-order valence-corrected chi connectivity index (χ3v) is 12.7. The van der Waals surface area contributed by atoms with Crippen LogP contribution >= 0.6 is 0 Å². The second-order valence-electron chi connectivity index (χ2n) is 16.3. The summed E-state index contributed by atoms with van der Waals surface area (Å²) in [6.07, 6.45) is 3.13. The minimum absolute atomic E-state index is 0.0313. The Morgan fingerprint density at radius 3 is 1.27 bits per heavy atom. The Labute approximate surface area is 360 Å². The first-order chi connectivity index (χ1) is 30.7. The molecule has 0 saturated carbocycles. The number of rotatable bonds is 7. The number of aliphatic imine (C=N–C) groups is 1. The molecule has 0 spiro atoms. The number of para-hydroxylation sites is 4. The minimum Gasteiger partial charge on any atom is -0.309 e. The van der Waals surface area contributed by atoms with E-state index in [9.17, 15) is 0 Å². The van der Waals surface area contributed by atoms with E-state index < -0.39 is 0 Å². The Kier molecular flexibility index (Phi) is 8.64. The van der Waals surface area contributed by atoms with E-state index in [2.05, 4.69) is 240 Å². The van der Waals surface area contributed by atoms with E-state index in [1.165, 1.54) is 82.6 Å². The van der Waals surface area contributed by atoms with Crippen LogP contribution in [0.1, 0.15) is 29.2 Å². The highest BCUT2D eigenvalue weighted by molar-refractivity contribution is 6.14. The second-order valence-corrected chi connectivity index (χ2v) is 16.3. The van der Waals surface area contributed by atoms with Gasteiger partial charge in [0.25, 0.3) is 0 Å². The zero-order valence-corrected chi connectivity index (χ0v) is 34.1. The molecule has 12 rings (SSSR count). The van der Waals surface area contributed by atoms with Gasteiger partial charge >= 0.3 is 0 Å². The maximum absolute atomic E-state index is 5.51. The molecule has 0 aliphatic carbocycles. The molecule has 292 valence electrons. The van der Waals surface area contributed by atoms with Gasteiger partial charge in [-0.1, -0.05) is 164 Å². The quantitative estimate of drug-likeness (QED) is 0.153. The lowest BCUT2D eigenvalue weighted by molar-refractivity contribution is 0.748. The van der Waals surface area contributed by atoms with Gasteiger partial charge in [0.1, 0.15) is 0 Å². The van der Waals surface area contributed by atoms with E-state index in [4.69, 9.17) is 4.99 Å². The third-order valence-electron chi connectivity index (χ3n) is 12.7. The van der Waals surface area contributed by atoms with Crippen molar-refractivity contribution in [1.29, 1.82) is 0 Å². The minimum atomic E-state index is -0.0313. The molecule has 0 N–H and O–H groups in total. The largest absolute Gasteiger partial charge is 0.309 e. The molecule has 0 amide bonds. The van der Waals surface area contributed by atoms with E-state index in [1.54, 1.807) is 0 Å². The van der Waals surface area contributed by atoms with Crippen molar-refractivity contribution in [3.05, 3.63) is 247 Å². The molecule has 1 atom stereocenters. The van der Waals surface area contributed by atoms with Crippen LogP contribution in [0.4, 0.5) is 0 Å². The first kappa shape index (κ1) is 35.9. The van der Waals surface area contributed by atoms with Gasteiger partial charge in [-0.15, -0.1) is 0 Å². The molecule has 3 heteroatoms. The van der Waals surface area contributed by atoms with Crippen LogP contribution in [-0.4, -0.2) is 14.8 Å². The molecule has 2 aromatic heterocycles. The number of nitrogens with zero attached hydrogens (tertiary/aromatic N) is 3. The molecule has 3 heterocycles. The molecular formula is C59H41N3. The fourth-order valence-corrected chi connectivity index (χ4v) is 9.68. The number of allylic oxidation sites excluding steroid dienone is 1. The average Bonchev–Trinajstić information content (AvgIpc) is 3.87. The summed E-state index contributed by atoms with van der Waals surface area (Å²) >= 11 is 0. The van der Waals surface area contributed by atoms with Gasteiger partial charge in [0.15, 0.2) is 0 Å². The van der Waals surface area contributed by atoms with E-state index >= 15 is 0 Å². The van der Waals surface area contributed by atoms with Gasteiger partial charge in [-0.3, -0.25) is 4.99 Å². The second kappa shape index (κ2) is 14.9. The maximum atomic E-state index is 5.51. The molecule has 9 aromatic carbocycles. The highest BCUT2D eigenvalue weighted by Gasteiger charge is 2.22. The molecular weight excluding hydrogens is 751 g/mol. The van der Waals surface area contributed by atoms with Crippen molar-refractivity contribution in [3.8, 4) is 33.6 Å². The van der Waals surface area contributed by atoms with Crippen LogP contribution < -0.4 is 0 Å². The maximum Gasteiger partial charge on any atom is 0.0797 e. The number of hydrogen-bond acceptors (Lipinski definition) is 1. The summed E-state index contributed by atoms with van der Waals surface area (Å²) in [5.74, 6) is 0. The monoisotopic (exact) mass is 791 g/mol. The summed E-state index contributed by atoms with van der Waals surface area (Å²) in [4.78, 5) is 5.51. The van der Waals surface area contributed by atoms with E-state index in [0.29, 0.717) is 0 Å². The SMILES string of the molecule is C1=C(c2ccccc2)CC(c2cccc(-c3ccc(-n4c5ccccc5c5ccccc54)cc3)c2)N=C1c1cccc(-c2ccc(-n3c4ccccc4c4ccccc43)cc2)c1. The fraction of sp³-hybridized carbons (Fsp3) is 0.0339. The van der Waals surface area contributed by atoms with Crippen LogP contribution in [0.25, 0.3) is 82.8 Å². The molecule has 0 saturated heterocycles. The van der Waals surface area contributed by atoms with Crippen LogP contribution in [0.15, 0.2) is 236 Å². The molecule has 0 fully saturated rings. The first-order valence-electron chi connectivity index (χ1n) is 21.5. The van der Waals surface area contributed by atoms with Crippen LogP contribution in [0.5, 0.6) is 0 Å². The van der Waals surface area contributed by atoms with E-state index in [-0.39, 0.29) is 6.04 Å². The van der Waals surface area contributed by atoms with Crippen molar-refractivity contribution in [3.63, 3.8) is 0 Å². The molecule has 62 heavy (non-hydrogen) atoms. The molecule has 0 bridgehead atoms. The van der Waals surface area contributed by atoms with Gasteiger partial charge in [-0.05, 0) is 112 Å². The topological polar surface area (TPSA) is 22.2 Å². The lowest BCUT2D eigenvalue weighted by Gasteiger charge is -2.23. The highest BCUT2D eigenvalue weighted by Crippen LogP contribution is 2.38. The number of hydrogen-bond donors (Lipinski definition) is 0. The standard InChI is InChI=1S/C59H41N3/c1-2-14-40(15-3-1)47-38-54(45-18-12-16-43(36-45)41-28-32-48(33-29-41)61-56-24-8-4-20-50(56)51-21-5-9-25-57(51)61)60-55(39-47)46-19-13-17-44(37-46)42-30-34-49(35-31-42)62-58-26-10-6-22-52(58)53-23-7-11-27-59(53)62/h1-38,55H,39H2. The van der Waals surface area contributed by atoms with Gasteiger partial charge in [0, 0.05) is 38.5 Å². The van der Waals surface area contributed by atoms with Crippen molar-refractivity contribution >= 4 is 54.9 Å². The normalized spacial score (nSPS) is 14.1. The van der Waals surface area contributed by atoms with E-state index in [0.717, 1.165) is 29.1 Å². The number of benzene rings is 9. The van der Waals surface area contributed by atoms with Crippen molar-refractivity contribution in [1.82, 2.24) is 9.13 Å². The summed E-state index contributed by atoms with van der Waals surface area (Å²) in [6.45, 7) is 0. The molecule has 0 radical (unpaired) electrons. The zero-order valence-electron chi connectivity index (χ0n) is 34.1. The summed E-state index contributed by atoms with van der Waals surface area (Å²) < 4.78 is 4.74. The summed E-state index contributed by atoms with van der Waals surface area (Å²) in [5, 5.41) is 5.08. The van der Waals surface area contributed by atoms with Crippen molar-refractivity contribution in [2.45, 2.75) is 12.5 Å². The summed E-state index contributed by atoms with van der Waals surface area (Å²) in [6, 6.07) is 81.3. The molecule has 1 aliphatic rings. The Balaban J connectivity index is 0.877. The molecule has 1 aliphatic heterocycles. The van der Waals surface area contributed by atoms with Crippen LogP contribution in [0.3, 0.4) is 0 Å². The predicted octanol–water partition coefficient (Wildman–Crippen LogP) is 15.2. The van der Waals surface area contributed by atoms with Gasteiger partial charge < -0.3 is 9.13 Å². The van der Waals surface area contributed by atoms with Gasteiger partial charge in [-0.25, -0.2) is 0 Å². The van der Waals surface area contributed by atoms with Crippen molar-refractivity contribution < 1.29 is 0 Å². The molecule has 3 nitrogen and oxygen atoms in total. The number of aromatic nitrogens is 2. The van der Waals surface area contributed by atoms with E-state index in [1.807, 2.05) is 0 Å². The van der Waals surface area contributed by atoms with Crippen molar-refractivity contribution in [2.75, 3.05) is 0 Å². The first-order valence-corrected chi connectivity index (χ1v) is 21.5. The highest BCUT2D eigenvalue weighted by atomic mass is 15.0. The Bertz CT molecular complexity index is 3420. The van der Waals surface area contributed by atoms with Gasteiger partial charge in [0.2, 0.25) is 0 Å². The average molecular weight is 792 g/mol. The summed E-state index contributed by atoms with van der Waals surface area (Å²) in [5.41, 5.74) is 17.8. The Morgan fingerprint density at radius 2 is 0.758 bits per heavy atom. The van der Waals surface area contributed by atoms with Crippen molar-refractivity contribution in [2.24, 2.45) is 4.99 Å². The fourth-order valence-electron chi connectivity index (χ4n) is 9.68. The third kappa shape index (κ3) is 6.17. The van der Waals surface area contributed by atoms with Crippen LogP contribution in [-0.2, 0) is 0 Å². The van der Waals surface area contributed by atoms with Gasteiger partial charge in [0.05, 0.1) is 33.8 Å². The van der Waals surface area contributed by atoms with Gasteiger partial charge in [-0.2, -0.15) is 0 Å². The zero-order chi connectivity index (χ0) is 41.0. The number of dihydropyridines is 1.